The van der Waals surface area contributed by atoms with Gasteiger partial charge < -0.3 is 5.73 Å². The molecule has 0 saturated carbocycles. The zero-order valence-electron chi connectivity index (χ0n) is 14.0. The lowest BCUT2D eigenvalue weighted by molar-refractivity contribution is 0.100. The van der Waals surface area contributed by atoms with Crippen LogP contribution in [0.5, 0.6) is 0 Å². The van der Waals surface area contributed by atoms with Gasteiger partial charge in [-0.2, -0.15) is 9.40 Å². The van der Waals surface area contributed by atoms with Crippen LogP contribution in [0.3, 0.4) is 0 Å². The van der Waals surface area contributed by atoms with Crippen LogP contribution < -0.4 is 5.73 Å². The van der Waals surface area contributed by atoms with Gasteiger partial charge in [0.15, 0.2) is 0 Å². The number of halogens is 2. The number of rotatable bonds is 6. The maximum absolute atomic E-state index is 13.8. The third kappa shape index (κ3) is 3.75. The Morgan fingerprint density at radius 2 is 2.07 bits per heavy atom. The quantitative estimate of drug-likeness (QED) is 0.671. The number of thiophene rings is 1. The van der Waals surface area contributed by atoms with Crippen molar-refractivity contribution in [1.82, 2.24) is 14.1 Å². The predicted octanol–water partition coefficient (Wildman–Crippen LogP) is 2.13. The van der Waals surface area contributed by atoms with Gasteiger partial charge in [0.25, 0.3) is 15.9 Å². The average Bonchev–Trinajstić information content (AvgIpc) is 3.25. The molecular weight excluding hydrogens is 398 g/mol. The lowest BCUT2D eigenvalue weighted by Crippen LogP contribution is -2.26. The Morgan fingerprint density at radius 3 is 2.67 bits per heavy atom. The monoisotopic (exact) mass is 412 g/mol. The van der Waals surface area contributed by atoms with Crippen molar-refractivity contribution in [3.8, 4) is 5.00 Å². The molecule has 0 spiro atoms. The van der Waals surface area contributed by atoms with Gasteiger partial charge in [0.1, 0.15) is 20.8 Å². The molecule has 7 nitrogen and oxygen atoms in total. The molecule has 2 aromatic heterocycles. The maximum Gasteiger partial charge on any atom is 0.252 e. The van der Waals surface area contributed by atoms with E-state index in [1.54, 1.807) is 12.3 Å². The van der Waals surface area contributed by atoms with E-state index in [0.717, 1.165) is 27.8 Å². The highest BCUT2D eigenvalue weighted by Crippen LogP contribution is 2.31. The first-order chi connectivity index (χ1) is 12.7. The summed E-state index contributed by atoms with van der Waals surface area (Å²) in [6.07, 6.45) is 3.02. The summed E-state index contributed by atoms with van der Waals surface area (Å²) in [5.41, 5.74) is 5.36. The zero-order valence-corrected chi connectivity index (χ0v) is 15.6. The van der Waals surface area contributed by atoms with Crippen LogP contribution in [-0.2, 0) is 16.6 Å². The minimum absolute atomic E-state index is 0.00337. The highest BCUT2D eigenvalue weighted by Gasteiger charge is 2.28. The number of nitrogens with zero attached hydrogens (tertiary/aromatic N) is 3. The number of nitrogens with two attached hydrogens (primary N) is 1. The Morgan fingerprint density at radius 1 is 1.33 bits per heavy atom. The van der Waals surface area contributed by atoms with Gasteiger partial charge in [-0.25, -0.2) is 21.9 Å². The summed E-state index contributed by atoms with van der Waals surface area (Å²) in [5.74, 6) is -2.40. The lowest BCUT2D eigenvalue weighted by atomic mass is 10.2. The lowest BCUT2D eigenvalue weighted by Gasteiger charge is -2.16. The summed E-state index contributed by atoms with van der Waals surface area (Å²) in [7, 11) is -2.79. The summed E-state index contributed by atoms with van der Waals surface area (Å²) >= 11 is 0.814. The van der Waals surface area contributed by atoms with Gasteiger partial charge in [-0.05, 0) is 18.2 Å². The molecule has 0 aliphatic heterocycles. The van der Waals surface area contributed by atoms with Gasteiger partial charge in [-0.15, -0.1) is 11.3 Å². The Bertz CT molecular complexity index is 1100. The second kappa shape index (κ2) is 7.18. The molecule has 27 heavy (non-hydrogen) atoms. The fourth-order valence-electron chi connectivity index (χ4n) is 2.35. The molecule has 0 aliphatic carbocycles. The SMILES string of the molecule is CN(Cc1ccc(F)cc1F)S(=O)(=O)c1cc(C(N)=O)c(-n2cccn2)s1. The molecule has 0 fully saturated rings. The first kappa shape index (κ1) is 19.1. The van der Waals surface area contributed by atoms with E-state index in [0.29, 0.717) is 6.07 Å². The van der Waals surface area contributed by atoms with Gasteiger partial charge >= 0.3 is 0 Å². The van der Waals surface area contributed by atoms with Crippen molar-refractivity contribution in [2.24, 2.45) is 5.73 Å². The Labute approximate surface area is 157 Å². The topological polar surface area (TPSA) is 98.3 Å². The predicted molar refractivity (Wildman–Crippen MR) is 95.0 cm³/mol. The van der Waals surface area contributed by atoms with Crippen molar-refractivity contribution in [2.75, 3.05) is 7.05 Å². The smallest absolute Gasteiger partial charge is 0.252 e. The summed E-state index contributed by atoms with van der Waals surface area (Å²) in [6.45, 7) is -0.310. The van der Waals surface area contributed by atoms with Gasteiger partial charge in [-0.3, -0.25) is 4.79 Å². The highest BCUT2D eigenvalue weighted by molar-refractivity contribution is 7.91. The Balaban J connectivity index is 1.97. The number of sulfonamides is 1. The first-order valence-corrected chi connectivity index (χ1v) is 9.79. The molecule has 0 saturated heterocycles. The third-order valence-electron chi connectivity index (χ3n) is 3.74. The maximum atomic E-state index is 13.8. The van der Waals surface area contributed by atoms with Crippen molar-refractivity contribution in [1.29, 1.82) is 0 Å². The molecule has 2 heterocycles. The molecule has 1 amide bonds. The normalized spacial score (nSPS) is 11.9. The summed E-state index contributed by atoms with van der Waals surface area (Å²) in [5, 5.41) is 4.24. The van der Waals surface area contributed by atoms with Crippen LogP contribution in [0, 0.1) is 11.6 Å². The van der Waals surface area contributed by atoms with Crippen LogP contribution in [0.1, 0.15) is 15.9 Å². The van der Waals surface area contributed by atoms with Crippen molar-refractivity contribution in [3.63, 3.8) is 0 Å². The molecule has 3 aromatic rings. The Hall–Kier alpha value is -2.63. The van der Waals surface area contributed by atoms with Crippen LogP contribution in [0.25, 0.3) is 5.00 Å². The van der Waals surface area contributed by atoms with Gasteiger partial charge in [0.2, 0.25) is 0 Å². The van der Waals surface area contributed by atoms with Gasteiger partial charge in [-0.1, -0.05) is 6.07 Å². The standard InChI is InChI=1S/C16H14F2N4O3S2/c1-21(9-10-3-4-11(17)7-13(10)18)27(24,25)14-8-12(15(19)23)16(26-14)22-6-2-5-20-22/h2-8H,9H2,1H3,(H2,19,23). The van der Waals surface area contributed by atoms with Crippen LogP contribution >= 0.6 is 11.3 Å². The largest absolute Gasteiger partial charge is 0.366 e. The number of hydrogen-bond donors (Lipinski definition) is 1. The number of benzene rings is 1. The zero-order chi connectivity index (χ0) is 19.8. The van der Waals surface area contributed by atoms with E-state index in [1.807, 2.05) is 0 Å². The number of hydrogen-bond acceptors (Lipinski definition) is 5. The van der Waals surface area contributed by atoms with E-state index in [4.69, 9.17) is 5.73 Å². The molecule has 11 heteroatoms. The van der Waals surface area contributed by atoms with E-state index in [-0.39, 0.29) is 26.9 Å². The Kier molecular flexibility index (Phi) is 5.09. The van der Waals surface area contributed by atoms with E-state index >= 15 is 0 Å². The van der Waals surface area contributed by atoms with E-state index in [1.165, 1.54) is 24.0 Å². The number of amides is 1. The number of carbonyl (C=O) groups is 1. The molecule has 0 atom stereocenters. The molecule has 2 N–H and O–H groups in total. The number of primary amides is 1. The van der Waals surface area contributed by atoms with Crippen molar-refractivity contribution < 1.29 is 22.0 Å². The third-order valence-corrected chi connectivity index (χ3v) is 7.12. The van der Waals surface area contributed by atoms with Gasteiger partial charge in [0.05, 0.1) is 5.56 Å². The van der Waals surface area contributed by atoms with Crippen LogP contribution in [0.4, 0.5) is 8.78 Å². The van der Waals surface area contributed by atoms with E-state index in [2.05, 4.69) is 5.10 Å². The fourth-order valence-corrected chi connectivity index (χ4v) is 5.11. The molecule has 142 valence electrons. The average molecular weight is 412 g/mol. The van der Waals surface area contributed by atoms with Crippen molar-refractivity contribution >= 4 is 27.3 Å². The number of carbonyl (C=O) groups excluding carboxylic acids is 1. The summed E-state index contributed by atoms with van der Waals surface area (Å²) in [4.78, 5) is 11.7. The minimum Gasteiger partial charge on any atom is -0.366 e. The summed E-state index contributed by atoms with van der Waals surface area (Å²) in [6, 6.07) is 5.68. The highest BCUT2D eigenvalue weighted by atomic mass is 32.2. The molecule has 1 aromatic carbocycles. The number of aromatic nitrogens is 2. The van der Waals surface area contributed by atoms with Crippen LogP contribution in [0.15, 0.2) is 46.9 Å². The molecule has 3 rings (SSSR count). The fraction of sp³-hybridized carbons (Fsp3) is 0.125. The first-order valence-electron chi connectivity index (χ1n) is 7.54. The molecular formula is C16H14F2N4O3S2. The van der Waals surface area contributed by atoms with E-state index < -0.39 is 27.6 Å². The van der Waals surface area contributed by atoms with Crippen molar-refractivity contribution in [2.45, 2.75) is 10.8 Å². The molecule has 0 bridgehead atoms. The second-order valence-corrected chi connectivity index (χ2v) is 8.90. The molecule has 0 radical (unpaired) electrons. The molecule has 0 aliphatic rings. The second-order valence-electron chi connectivity index (χ2n) is 5.60. The summed E-state index contributed by atoms with van der Waals surface area (Å²) < 4.78 is 54.6. The van der Waals surface area contributed by atoms with Crippen molar-refractivity contribution in [3.05, 3.63) is 65.5 Å². The van der Waals surface area contributed by atoms with Gasteiger partial charge in [0, 0.05) is 37.6 Å². The molecule has 0 unspecified atom stereocenters. The van der Waals surface area contributed by atoms with E-state index in [9.17, 15) is 22.0 Å². The van der Waals surface area contributed by atoms with Crippen LogP contribution in [-0.4, -0.2) is 35.5 Å². The van der Waals surface area contributed by atoms with Crippen LogP contribution in [0.2, 0.25) is 0 Å². The minimum atomic E-state index is -4.05.